The molecule has 5 rings (SSSR count). The second kappa shape index (κ2) is 15.4. The maximum absolute atomic E-state index is 14.9. The molecule has 0 aliphatic rings. The molecule has 1 aromatic heterocycles. The first kappa shape index (κ1) is 35.3. The molecule has 254 valence electrons. The number of nitrogens with two attached hydrogens (primary N) is 1. The average molecular weight is 715 g/mol. The number of hydrogen-bond acceptors (Lipinski definition) is 7. The second-order valence-electron chi connectivity index (χ2n) is 10.5. The van der Waals surface area contributed by atoms with Gasteiger partial charge in [-0.25, -0.2) is 14.0 Å². The van der Waals surface area contributed by atoms with Crippen molar-refractivity contribution in [3.05, 3.63) is 125 Å². The zero-order valence-corrected chi connectivity index (χ0v) is 26.8. The van der Waals surface area contributed by atoms with Crippen LogP contribution in [0.5, 0.6) is 5.75 Å². The van der Waals surface area contributed by atoms with Gasteiger partial charge in [-0.15, -0.1) is 0 Å². The first-order chi connectivity index (χ1) is 23.4. The molecule has 0 aliphatic carbocycles. The normalized spacial score (nSPS) is 12.6. The molecular weight excluding hydrogens is 688 g/mol. The van der Waals surface area contributed by atoms with E-state index in [9.17, 15) is 31.9 Å². The summed E-state index contributed by atoms with van der Waals surface area (Å²) in [5, 5.41) is 4.48. The molecule has 49 heavy (non-hydrogen) atoms. The third-order valence-corrected chi connectivity index (χ3v) is 8.22. The number of hydrogen-bond donors (Lipinski definition) is 3. The smallest absolute Gasteiger partial charge is 0.442 e. The number of carbonyl (C=O) groups excluding carboxylic acids is 3. The Balaban J connectivity index is 1.25. The molecule has 0 fully saturated rings. The highest BCUT2D eigenvalue weighted by Crippen LogP contribution is 2.42. The molecular formula is C34H27ClF4N4O5S. The van der Waals surface area contributed by atoms with Gasteiger partial charge in [0.2, 0.25) is 0 Å². The minimum atomic E-state index is -4.55. The number of esters is 1. The number of halogens is 5. The summed E-state index contributed by atoms with van der Waals surface area (Å²) in [6.07, 6.45) is 1.26. The molecule has 0 spiro atoms. The Morgan fingerprint density at radius 2 is 1.61 bits per heavy atom. The number of fused-ring (bicyclic) bond motifs is 1. The van der Waals surface area contributed by atoms with Gasteiger partial charge in [0.25, 0.3) is 5.91 Å². The number of ether oxygens (including phenoxy) is 2. The summed E-state index contributed by atoms with van der Waals surface area (Å²) in [5.74, 6) is -3.03. The van der Waals surface area contributed by atoms with Crippen LogP contribution in [0.1, 0.15) is 21.2 Å². The van der Waals surface area contributed by atoms with Crippen LogP contribution in [0.25, 0.3) is 10.9 Å². The lowest BCUT2D eigenvalue weighted by Gasteiger charge is -2.19. The monoisotopic (exact) mass is 714 g/mol. The number of nitrogens with zero attached hydrogens (tertiary/aromatic N) is 1. The van der Waals surface area contributed by atoms with Crippen LogP contribution >= 0.6 is 23.4 Å². The Bertz CT molecular complexity index is 1960. The van der Waals surface area contributed by atoms with E-state index in [1.54, 1.807) is 48.5 Å². The van der Waals surface area contributed by atoms with Crippen LogP contribution < -0.4 is 21.1 Å². The van der Waals surface area contributed by atoms with Crippen LogP contribution in [0.2, 0.25) is 5.02 Å². The second-order valence-corrected chi connectivity index (χ2v) is 12.2. The maximum Gasteiger partial charge on any atom is 0.442 e. The standard InChI is InChI=1S/C34H27ClF4N4O5S/c35-22-11-13-27-24(15-22)26(17-43(27)31(44)30(40)32(45)48-18-20-7-3-1-4-8-20)42-33(46)41-23-12-14-28(25(36)16-23)47-19-29(49-34(37,38)39)21-9-5-2-6-10-21/h1-17,29-30H,18-19,40H2,(H2,41,42,46). The summed E-state index contributed by atoms with van der Waals surface area (Å²) in [7, 11) is 0. The van der Waals surface area contributed by atoms with E-state index < -0.39 is 47.1 Å². The van der Waals surface area contributed by atoms with Crippen molar-refractivity contribution in [2.24, 2.45) is 5.73 Å². The van der Waals surface area contributed by atoms with Crippen LogP contribution in [0.3, 0.4) is 0 Å². The van der Waals surface area contributed by atoms with Crippen molar-refractivity contribution in [1.82, 2.24) is 4.57 Å². The number of amides is 2. The topological polar surface area (TPSA) is 125 Å². The first-order valence-electron chi connectivity index (χ1n) is 14.5. The van der Waals surface area contributed by atoms with E-state index in [1.807, 2.05) is 0 Å². The van der Waals surface area contributed by atoms with E-state index in [1.165, 1.54) is 48.7 Å². The lowest BCUT2D eigenvalue weighted by Crippen LogP contribution is -2.42. The van der Waals surface area contributed by atoms with Crippen molar-refractivity contribution in [3.8, 4) is 5.75 Å². The third kappa shape index (κ3) is 9.31. The zero-order chi connectivity index (χ0) is 35.1. The summed E-state index contributed by atoms with van der Waals surface area (Å²) in [6, 6.07) is 22.1. The van der Waals surface area contributed by atoms with Crippen molar-refractivity contribution in [1.29, 1.82) is 0 Å². The summed E-state index contributed by atoms with van der Waals surface area (Å²) >= 11 is 5.90. The minimum absolute atomic E-state index is 0.00680. The van der Waals surface area contributed by atoms with Gasteiger partial charge in [-0.2, -0.15) is 13.2 Å². The fraction of sp³-hybridized carbons (Fsp3) is 0.147. The van der Waals surface area contributed by atoms with Crippen LogP contribution in [0, 0.1) is 5.82 Å². The van der Waals surface area contributed by atoms with Crippen molar-refractivity contribution >= 4 is 63.5 Å². The highest BCUT2D eigenvalue weighted by Gasteiger charge is 2.34. The Hall–Kier alpha value is -5.05. The summed E-state index contributed by atoms with van der Waals surface area (Å²) in [6.45, 7) is -0.563. The van der Waals surface area contributed by atoms with Crippen LogP contribution in [0.4, 0.5) is 33.7 Å². The van der Waals surface area contributed by atoms with Crippen LogP contribution in [-0.4, -0.2) is 40.6 Å². The van der Waals surface area contributed by atoms with Crippen molar-refractivity contribution < 1.29 is 41.4 Å². The van der Waals surface area contributed by atoms with Gasteiger partial charge in [-0.3, -0.25) is 9.36 Å². The molecule has 4 N–H and O–H groups in total. The van der Waals surface area contributed by atoms with Gasteiger partial charge in [0.15, 0.2) is 17.6 Å². The number of alkyl halides is 3. The molecule has 15 heteroatoms. The van der Waals surface area contributed by atoms with Gasteiger partial charge < -0.3 is 25.8 Å². The molecule has 2 unspecified atom stereocenters. The van der Waals surface area contributed by atoms with Crippen LogP contribution in [0.15, 0.2) is 103 Å². The molecule has 2 amide bonds. The zero-order valence-electron chi connectivity index (χ0n) is 25.2. The van der Waals surface area contributed by atoms with Crippen molar-refractivity contribution in [2.75, 3.05) is 17.2 Å². The highest BCUT2D eigenvalue weighted by atomic mass is 35.5. The number of thioether (sulfide) groups is 1. The summed E-state index contributed by atoms with van der Waals surface area (Å²) in [5.41, 5.74) is 2.84. The van der Waals surface area contributed by atoms with E-state index >= 15 is 0 Å². The fourth-order valence-electron chi connectivity index (χ4n) is 4.73. The number of carbonyl (C=O) groups is 3. The SMILES string of the molecule is NC(C(=O)OCc1ccccc1)C(=O)n1cc(NC(=O)Nc2ccc(OCC(SC(F)(F)F)c3ccccc3)c(F)c2)c2cc(Cl)ccc21. The molecule has 0 radical (unpaired) electrons. The predicted octanol–water partition coefficient (Wildman–Crippen LogP) is 8.16. The van der Waals surface area contributed by atoms with E-state index in [4.69, 9.17) is 26.8 Å². The molecule has 2 atom stereocenters. The Morgan fingerprint density at radius 3 is 2.29 bits per heavy atom. The number of nitrogens with one attached hydrogen (secondary N) is 2. The highest BCUT2D eigenvalue weighted by molar-refractivity contribution is 8.00. The van der Waals surface area contributed by atoms with Crippen molar-refractivity contribution in [3.63, 3.8) is 0 Å². The number of urea groups is 1. The lowest BCUT2D eigenvalue weighted by molar-refractivity contribution is -0.145. The Labute approximate surface area is 286 Å². The fourth-order valence-corrected chi connectivity index (χ4v) is 5.65. The summed E-state index contributed by atoms with van der Waals surface area (Å²) in [4.78, 5) is 38.8. The average Bonchev–Trinajstić information content (AvgIpc) is 3.42. The molecule has 0 saturated heterocycles. The number of aromatic nitrogens is 1. The molecule has 0 saturated carbocycles. The van der Waals surface area contributed by atoms with Gasteiger partial charge in [0.05, 0.1) is 16.5 Å². The van der Waals surface area contributed by atoms with E-state index in [-0.39, 0.29) is 46.0 Å². The van der Waals surface area contributed by atoms with E-state index in [0.29, 0.717) is 16.5 Å². The molecule has 0 aliphatic heterocycles. The molecule has 0 bridgehead atoms. The quantitative estimate of drug-likeness (QED) is 0.0716. The molecule has 1 heterocycles. The predicted molar refractivity (Wildman–Crippen MR) is 179 cm³/mol. The molecule has 4 aromatic carbocycles. The Morgan fingerprint density at radius 1 is 0.918 bits per heavy atom. The van der Waals surface area contributed by atoms with Gasteiger partial charge in [-0.1, -0.05) is 72.3 Å². The van der Waals surface area contributed by atoms with Gasteiger partial charge in [0.1, 0.15) is 13.2 Å². The molecule has 9 nitrogen and oxygen atoms in total. The van der Waals surface area contributed by atoms with Crippen LogP contribution in [-0.2, 0) is 16.1 Å². The maximum atomic E-state index is 14.9. The largest absolute Gasteiger partial charge is 0.489 e. The summed E-state index contributed by atoms with van der Waals surface area (Å²) < 4.78 is 66.1. The Kier molecular flexibility index (Phi) is 11.1. The van der Waals surface area contributed by atoms with Crippen molar-refractivity contribution in [2.45, 2.75) is 23.4 Å². The first-order valence-corrected chi connectivity index (χ1v) is 15.7. The minimum Gasteiger partial charge on any atom is -0.489 e. The number of benzene rings is 4. The molecule has 5 aromatic rings. The van der Waals surface area contributed by atoms with E-state index in [2.05, 4.69) is 10.6 Å². The number of rotatable bonds is 11. The van der Waals surface area contributed by atoms with Gasteiger partial charge >= 0.3 is 17.5 Å². The van der Waals surface area contributed by atoms with Gasteiger partial charge in [0, 0.05) is 28.4 Å². The third-order valence-electron chi connectivity index (χ3n) is 7.02. The number of anilines is 2. The van der Waals surface area contributed by atoms with Gasteiger partial charge in [-0.05, 0) is 53.2 Å². The van der Waals surface area contributed by atoms with E-state index in [0.717, 1.165) is 10.6 Å². The lowest BCUT2D eigenvalue weighted by atomic mass is 10.1.